The molecule has 1 aromatic heterocycles. The molecule has 0 spiro atoms. The van der Waals surface area contributed by atoms with Gasteiger partial charge >= 0.3 is 0 Å². The zero-order valence-corrected chi connectivity index (χ0v) is 12.5. The summed E-state index contributed by atoms with van der Waals surface area (Å²) in [6, 6.07) is 9.82. The molecule has 1 unspecified atom stereocenters. The first kappa shape index (κ1) is 15.3. The lowest BCUT2D eigenvalue weighted by Gasteiger charge is -2.18. The van der Waals surface area contributed by atoms with Gasteiger partial charge in [0.1, 0.15) is 0 Å². The second-order valence-electron chi connectivity index (χ2n) is 5.01. The molecular weight excluding hydrogens is 264 g/mol. The third kappa shape index (κ3) is 4.16. The zero-order chi connectivity index (χ0) is 15.1. The Morgan fingerprint density at radius 1 is 1.33 bits per heavy atom. The van der Waals surface area contributed by atoms with Crippen LogP contribution in [0.15, 0.2) is 42.7 Å². The van der Waals surface area contributed by atoms with E-state index in [0.717, 1.165) is 24.2 Å². The van der Waals surface area contributed by atoms with Gasteiger partial charge in [-0.15, -0.1) is 0 Å². The normalized spacial score (nSPS) is 12.1. The fourth-order valence-electron chi connectivity index (χ4n) is 2.29. The fourth-order valence-corrected chi connectivity index (χ4v) is 2.29. The standard InChI is InChI=1S/C16H22N4O/c1-13(19-16(21)9-5-10-17-2)14-7-3-4-8-15(14)20-12-6-11-18-20/h3-4,6-8,11-13,17H,5,9-10H2,1-2H3,(H,19,21). The Morgan fingerprint density at radius 2 is 2.14 bits per heavy atom. The molecule has 2 rings (SSSR count). The van der Waals surface area contributed by atoms with Crippen LogP contribution in [-0.4, -0.2) is 29.3 Å². The first-order valence-corrected chi connectivity index (χ1v) is 7.25. The second-order valence-corrected chi connectivity index (χ2v) is 5.01. The summed E-state index contributed by atoms with van der Waals surface area (Å²) < 4.78 is 1.82. The van der Waals surface area contributed by atoms with Gasteiger partial charge in [0.25, 0.3) is 0 Å². The molecule has 0 fully saturated rings. The monoisotopic (exact) mass is 286 g/mol. The van der Waals surface area contributed by atoms with E-state index in [1.54, 1.807) is 6.20 Å². The van der Waals surface area contributed by atoms with Gasteiger partial charge in [-0.05, 0) is 44.6 Å². The van der Waals surface area contributed by atoms with Crippen molar-refractivity contribution in [1.29, 1.82) is 0 Å². The minimum Gasteiger partial charge on any atom is -0.350 e. The van der Waals surface area contributed by atoms with Crippen LogP contribution in [0.4, 0.5) is 0 Å². The molecule has 1 atom stereocenters. The predicted octanol–water partition coefficient (Wildman–Crippen LogP) is 2.05. The van der Waals surface area contributed by atoms with Crippen molar-refractivity contribution < 1.29 is 4.79 Å². The van der Waals surface area contributed by atoms with Crippen LogP contribution in [0.3, 0.4) is 0 Å². The average Bonchev–Trinajstić information content (AvgIpc) is 3.01. The molecule has 0 saturated heterocycles. The molecule has 21 heavy (non-hydrogen) atoms. The number of nitrogens with zero attached hydrogens (tertiary/aromatic N) is 2. The Bertz CT molecular complexity index is 565. The Morgan fingerprint density at radius 3 is 2.86 bits per heavy atom. The third-order valence-electron chi connectivity index (χ3n) is 3.36. The molecular formula is C16H22N4O. The molecule has 5 nitrogen and oxygen atoms in total. The van der Waals surface area contributed by atoms with E-state index >= 15 is 0 Å². The molecule has 0 bridgehead atoms. The van der Waals surface area contributed by atoms with Gasteiger partial charge in [-0.3, -0.25) is 4.79 Å². The number of aromatic nitrogens is 2. The summed E-state index contributed by atoms with van der Waals surface area (Å²) in [7, 11) is 1.89. The Labute approximate surface area is 125 Å². The Kier molecular flexibility index (Phi) is 5.51. The van der Waals surface area contributed by atoms with Crippen molar-refractivity contribution in [3.8, 4) is 5.69 Å². The van der Waals surface area contributed by atoms with Crippen molar-refractivity contribution in [3.63, 3.8) is 0 Å². The van der Waals surface area contributed by atoms with E-state index in [0.29, 0.717) is 6.42 Å². The van der Waals surface area contributed by atoms with Crippen molar-refractivity contribution in [2.45, 2.75) is 25.8 Å². The van der Waals surface area contributed by atoms with Crippen LogP contribution >= 0.6 is 0 Å². The minimum absolute atomic E-state index is 0.0486. The minimum atomic E-state index is -0.0486. The van der Waals surface area contributed by atoms with Crippen molar-refractivity contribution in [3.05, 3.63) is 48.3 Å². The van der Waals surface area contributed by atoms with Crippen molar-refractivity contribution in [2.75, 3.05) is 13.6 Å². The van der Waals surface area contributed by atoms with Crippen molar-refractivity contribution in [2.24, 2.45) is 0 Å². The molecule has 112 valence electrons. The molecule has 1 aromatic carbocycles. The van der Waals surface area contributed by atoms with E-state index in [-0.39, 0.29) is 11.9 Å². The zero-order valence-electron chi connectivity index (χ0n) is 12.5. The second kappa shape index (κ2) is 7.59. The van der Waals surface area contributed by atoms with Crippen LogP contribution in [0.2, 0.25) is 0 Å². The van der Waals surface area contributed by atoms with Gasteiger partial charge in [-0.25, -0.2) is 4.68 Å². The quantitative estimate of drug-likeness (QED) is 0.766. The van der Waals surface area contributed by atoms with Crippen molar-refractivity contribution in [1.82, 2.24) is 20.4 Å². The maximum atomic E-state index is 11.9. The first-order valence-electron chi connectivity index (χ1n) is 7.25. The Hall–Kier alpha value is -2.14. The van der Waals surface area contributed by atoms with Crippen LogP contribution in [0, 0.1) is 0 Å². The SMILES string of the molecule is CNCCCC(=O)NC(C)c1ccccc1-n1cccn1. The van der Waals surface area contributed by atoms with E-state index in [4.69, 9.17) is 0 Å². The summed E-state index contributed by atoms with van der Waals surface area (Å²) in [5.74, 6) is 0.0769. The van der Waals surface area contributed by atoms with Crippen LogP contribution in [0.1, 0.15) is 31.4 Å². The summed E-state index contributed by atoms with van der Waals surface area (Å²) in [5.41, 5.74) is 2.05. The number of hydrogen-bond donors (Lipinski definition) is 2. The Balaban J connectivity index is 2.06. The highest BCUT2D eigenvalue weighted by atomic mass is 16.1. The number of para-hydroxylation sites is 1. The fraction of sp³-hybridized carbons (Fsp3) is 0.375. The van der Waals surface area contributed by atoms with Crippen molar-refractivity contribution >= 4 is 5.91 Å². The number of amides is 1. The van der Waals surface area contributed by atoms with Gasteiger partial charge in [-0.1, -0.05) is 18.2 Å². The number of carbonyl (C=O) groups excluding carboxylic acids is 1. The molecule has 0 saturated carbocycles. The van der Waals surface area contributed by atoms with E-state index in [1.165, 1.54) is 0 Å². The molecule has 5 heteroatoms. The maximum Gasteiger partial charge on any atom is 0.220 e. The van der Waals surface area contributed by atoms with Gasteiger partial charge in [0.2, 0.25) is 5.91 Å². The molecule has 1 heterocycles. The first-order chi connectivity index (χ1) is 10.2. The molecule has 1 amide bonds. The number of nitrogens with one attached hydrogen (secondary N) is 2. The maximum absolute atomic E-state index is 11.9. The molecule has 0 aliphatic rings. The van der Waals surface area contributed by atoms with Crippen LogP contribution in [0.25, 0.3) is 5.69 Å². The molecule has 2 N–H and O–H groups in total. The molecule has 0 aliphatic heterocycles. The van der Waals surface area contributed by atoms with Crippen LogP contribution < -0.4 is 10.6 Å². The highest BCUT2D eigenvalue weighted by Crippen LogP contribution is 2.20. The highest BCUT2D eigenvalue weighted by Gasteiger charge is 2.13. The summed E-state index contributed by atoms with van der Waals surface area (Å²) in [6.45, 7) is 2.85. The largest absolute Gasteiger partial charge is 0.350 e. The third-order valence-corrected chi connectivity index (χ3v) is 3.36. The van der Waals surface area contributed by atoms with Gasteiger partial charge in [0.05, 0.1) is 11.7 Å². The number of carbonyl (C=O) groups is 1. The highest BCUT2D eigenvalue weighted by molar-refractivity contribution is 5.76. The number of hydrogen-bond acceptors (Lipinski definition) is 3. The van der Waals surface area contributed by atoms with E-state index in [9.17, 15) is 4.79 Å². The summed E-state index contributed by atoms with van der Waals surface area (Å²) in [6.07, 6.45) is 5.03. The smallest absolute Gasteiger partial charge is 0.220 e. The lowest BCUT2D eigenvalue weighted by molar-refractivity contribution is -0.121. The number of benzene rings is 1. The topological polar surface area (TPSA) is 59.0 Å². The van der Waals surface area contributed by atoms with E-state index in [1.807, 2.05) is 55.2 Å². The molecule has 0 radical (unpaired) electrons. The molecule has 0 aliphatic carbocycles. The molecule has 2 aromatic rings. The van der Waals surface area contributed by atoms with Gasteiger partial charge in [-0.2, -0.15) is 5.10 Å². The van der Waals surface area contributed by atoms with Gasteiger partial charge in [0, 0.05) is 18.8 Å². The average molecular weight is 286 g/mol. The van der Waals surface area contributed by atoms with Gasteiger partial charge in [0.15, 0.2) is 0 Å². The summed E-state index contributed by atoms with van der Waals surface area (Å²) in [5, 5.41) is 10.4. The lowest BCUT2D eigenvalue weighted by Crippen LogP contribution is -2.28. The van der Waals surface area contributed by atoms with Crippen LogP contribution in [0.5, 0.6) is 0 Å². The summed E-state index contributed by atoms with van der Waals surface area (Å²) in [4.78, 5) is 11.9. The number of rotatable bonds is 7. The van der Waals surface area contributed by atoms with E-state index < -0.39 is 0 Å². The van der Waals surface area contributed by atoms with Gasteiger partial charge < -0.3 is 10.6 Å². The lowest BCUT2D eigenvalue weighted by atomic mass is 10.1. The van der Waals surface area contributed by atoms with Crippen LogP contribution in [-0.2, 0) is 4.79 Å². The van der Waals surface area contributed by atoms with E-state index in [2.05, 4.69) is 15.7 Å². The summed E-state index contributed by atoms with van der Waals surface area (Å²) >= 11 is 0. The predicted molar refractivity (Wildman–Crippen MR) is 83.3 cm³/mol.